The number of hydrogen-bond donors (Lipinski definition) is 1. The van der Waals surface area contributed by atoms with Crippen molar-refractivity contribution in [2.75, 3.05) is 60.2 Å². The summed E-state index contributed by atoms with van der Waals surface area (Å²) >= 11 is 0. The molecule has 0 radical (unpaired) electrons. The van der Waals surface area contributed by atoms with E-state index in [0.717, 1.165) is 75.8 Å². The van der Waals surface area contributed by atoms with Gasteiger partial charge in [0.1, 0.15) is 0 Å². The molecule has 1 aromatic rings. The molecule has 0 aliphatic carbocycles. The summed E-state index contributed by atoms with van der Waals surface area (Å²) in [6.45, 7) is 10.6. The number of ether oxygens (including phenoxy) is 3. The lowest BCUT2D eigenvalue weighted by molar-refractivity contribution is 0.0288. The molecular formula is C21H34N2O4. The Morgan fingerprint density at radius 1 is 1.26 bits per heavy atom. The molecule has 1 aliphatic rings. The Hall–Kier alpha value is -1.60. The predicted octanol–water partition coefficient (Wildman–Crippen LogP) is 2.17. The van der Waals surface area contributed by atoms with Crippen LogP contribution in [0.4, 0.5) is 0 Å². The Labute approximate surface area is 163 Å². The molecule has 0 unspecified atom stereocenters. The highest BCUT2D eigenvalue weighted by atomic mass is 16.5. The van der Waals surface area contributed by atoms with Gasteiger partial charge in [-0.2, -0.15) is 0 Å². The van der Waals surface area contributed by atoms with Crippen LogP contribution < -0.4 is 9.47 Å². The number of allylic oxidation sites excluding steroid dienone is 1. The van der Waals surface area contributed by atoms with E-state index in [-0.39, 0.29) is 6.10 Å². The lowest BCUT2D eigenvalue weighted by atomic mass is 10.1. The first-order valence-electron chi connectivity index (χ1n) is 9.68. The van der Waals surface area contributed by atoms with Gasteiger partial charge in [0, 0.05) is 39.3 Å². The van der Waals surface area contributed by atoms with E-state index < -0.39 is 0 Å². The lowest BCUT2D eigenvalue weighted by Crippen LogP contribution is -2.42. The Kier molecular flexibility index (Phi) is 9.62. The van der Waals surface area contributed by atoms with Gasteiger partial charge >= 0.3 is 0 Å². The van der Waals surface area contributed by atoms with Crippen molar-refractivity contribution in [3.05, 3.63) is 36.4 Å². The normalized spacial score (nSPS) is 16.3. The molecule has 1 saturated heterocycles. The van der Waals surface area contributed by atoms with Crippen molar-refractivity contribution >= 4 is 0 Å². The maximum atomic E-state index is 10.4. The highest BCUT2D eigenvalue weighted by Crippen LogP contribution is 2.28. The van der Waals surface area contributed by atoms with Crippen molar-refractivity contribution in [1.82, 2.24) is 9.80 Å². The van der Waals surface area contributed by atoms with Crippen molar-refractivity contribution in [1.29, 1.82) is 0 Å². The number of benzene rings is 1. The molecule has 0 saturated carbocycles. The van der Waals surface area contributed by atoms with E-state index in [1.54, 1.807) is 14.2 Å². The summed E-state index contributed by atoms with van der Waals surface area (Å²) in [5, 5.41) is 10.4. The van der Waals surface area contributed by atoms with Crippen LogP contribution in [0.2, 0.25) is 0 Å². The van der Waals surface area contributed by atoms with Gasteiger partial charge < -0.3 is 19.3 Å². The highest BCUT2D eigenvalue weighted by Gasteiger charge is 2.16. The fourth-order valence-corrected chi connectivity index (χ4v) is 3.28. The van der Waals surface area contributed by atoms with E-state index in [1.807, 2.05) is 18.2 Å². The Morgan fingerprint density at radius 3 is 2.67 bits per heavy atom. The first-order valence-corrected chi connectivity index (χ1v) is 9.68. The Morgan fingerprint density at radius 2 is 2.00 bits per heavy atom. The van der Waals surface area contributed by atoms with Crippen LogP contribution in [0, 0.1) is 0 Å². The maximum Gasteiger partial charge on any atom is 0.161 e. The fraction of sp³-hybridized carbons (Fsp3) is 0.619. The molecular weight excluding hydrogens is 344 g/mol. The van der Waals surface area contributed by atoms with Gasteiger partial charge in [0.15, 0.2) is 11.5 Å². The molecule has 0 aromatic heterocycles. The van der Waals surface area contributed by atoms with Gasteiger partial charge in [-0.25, -0.2) is 0 Å². The van der Waals surface area contributed by atoms with Crippen molar-refractivity contribution in [2.45, 2.75) is 25.5 Å². The minimum absolute atomic E-state index is 0.354. The fourth-order valence-electron chi connectivity index (χ4n) is 3.28. The second-order valence-electron chi connectivity index (χ2n) is 6.90. The Balaban J connectivity index is 1.99. The molecule has 0 spiro atoms. The summed E-state index contributed by atoms with van der Waals surface area (Å²) in [6.07, 6.45) is 3.07. The smallest absolute Gasteiger partial charge is 0.161 e. The molecule has 1 fully saturated rings. The SMILES string of the molecule is C=CCC[C@@H](O)CN(CCN1CCOCC1)Cc1ccc(OC)c(OC)c1. The summed E-state index contributed by atoms with van der Waals surface area (Å²) in [6, 6.07) is 6.00. The minimum Gasteiger partial charge on any atom is -0.493 e. The van der Waals surface area contributed by atoms with Crippen LogP contribution >= 0.6 is 0 Å². The first-order chi connectivity index (χ1) is 13.2. The molecule has 1 N–H and O–H groups in total. The Bertz CT molecular complexity index is 561. The van der Waals surface area contributed by atoms with Crippen molar-refractivity contribution < 1.29 is 19.3 Å². The zero-order valence-electron chi connectivity index (χ0n) is 16.7. The van der Waals surface area contributed by atoms with Gasteiger partial charge in [-0.05, 0) is 30.5 Å². The summed E-state index contributed by atoms with van der Waals surface area (Å²) in [7, 11) is 3.29. The number of morpholine rings is 1. The van der Waals surface area contributed by atoms with Crippen LogP contribution in [-0.2, 0) is 11.3 Å². The first kappa shape index (κ1) is 21.7. The van der Waals surface area contributed by atoms with Gasteiger partial charge in [-0.15, -0.1) is 6.58 Å². The van der Waals surface area contributed by atoms with Crippen LogP contribution in [0.1, 0.15) is 18.4 Å². The van der Waals surface area contributed by atoms with Crippen molar-refractivity contribution in [2.24, 2.45) is 0 Å². The van der Waals surface area contributed by atoms with Crippen LogP contribution in [0.3, 0.4) is 0 Å². The van der Waals surface area contributed by atoms with Gasteiger partial charge in [0.05, 0.1) is 33.5 Å². The molecule has 1 aliphatic heterocycles. The number of rotatable bonds is 12. The predicted molar refractivity (Wildman–Crippen MR) is 108 cm³/mol. The molecule has 6 nitrogen and oxygen atoms in total. The quantitative estimate of drug-likeness (QED) is 0.563. The van der Waals surface area contributed by atoms with Gasteiger partial charge in [-0.3, -0.25) is 9.80 Å². The van der Waals surface area contributed by atoms with Crippen LogP contribution in [0.25, 0.3) is 0 Å². The molecule has 27 heavy (non-hydrogen) atoms. The summed E-state index contributed by atoms with van der Waals surface area (Å²) in [5.41, 5.74) is 1.14. The number of hydrogen-bond acceptors (Lipinski definition) is 6. The van der Waals surface area contributed by atoms with Gasteiger partial charge in [0.2, 0.25) is 0 Å². The second-order valence-corrected chi connectivity index (χ2v) is 6.90. The summed E-state index contributed by atoms with van der Waals surface area (Å²) < 4.78 is 16.2. The molecule has 2 rings (SSSR count). The van der Waals surface area contributed by atoms with E-state index in [1.165, 1.54) is 0 Å². The molecule has 0 amide bonds. The lowest BCUT2D eigenvalue weighted by Gasteiger charge is -2.31. The third kappa shape index (κ3) is 7.50. The standard InChI is InChI=1S/C21H34N2O4/c1-4-5-6-19(24)17-23(10-9-22-11-13-27-14-12-22)16-18-7-8-20(25-2)21(15-18)26-3/h4,7-8,15,19,24H,1,5-6,9-14,16-17H2,2-3H3/t19-/m1/s1. The number of nitrogens with zero attached hydrogens (tertiary/aromatic N) is 2. The summed E-state index contributed by atoms with van der Waals surface area (Å²) in [5.74, 6) is 1.46. The van der Waals surface area contributed by atoms with Crippen molar-refractivity contribution in [3.63, 3.8) is 0 Å². The van der Waals surface area contributed by atoms with E-state index in [0.29, 0.717) is 6.54 Å². The van der Waals surface area contributed by atoms with E-state index in [4.69, 9.17) is 14.2 Å². The largest absolute Gasteiger partial charge is 0.493 e. The summed E-state index contributed by atoms with van der Waals surface area (Å²) in [4.78, 5) is 4.73. The molecule has 1 aromatic carbocycles. The third-order valence-electron chi connectivity index (χ3n) is 4.86. The van der Waals surface area contributed by atoms with Crippen LogP contribution in [0.15, 0.2) is 30.9 Å². The van der Waals surface area contributed by atoms with E-state index in [2.05, 4.69) is 22.4 Å². The van der Waals surface area contributed by atoms with E-state index >= 15 is 0 Å². The minimum atomic E-state index is -0.354. The molecule has 0 bridgehead atoms. The highest BCUT2D eigenvalue weighted by molar-refractivity contribution is 5.42. The number of methoxy groups -OCH3 is 2. The molecule has 1 atom stereocenters. The molecule has 6 heteroatoms. The van der Waals surface area contributed by atoms with E-state index in [9.17, 15) is 5.11 Å². The zero-order chi connectivity index (χ0) is 19.5. The van der Waals surface area contributed by atoms with Crippen molar-refractivity contribution in [3.8, 4) is 11.5 Å². The maximum absolute atomic E-state index is 10.4. The van der Waals surface area contributed by atoms with Crippen LogP contribution in [-0.4, -0.2) is 81.2 Å². The topological polar surface area (TPSA) is 54.4 Å². The van der Waals surface area contributed by atoms with Gasteiger partial charge in [0.25, 0.3) is 0 Å². The van der Waals surface area contributed by atoms with Crippen LogP contribution in [0.5, 0.6) is 11.5 Å². The third-order valence-corrected chi connectivity index (χ3v) is 4.86. The second kappa shape index (κ2) is 12.0. The van der Waals surface area contributed by atoms with Gasteiger partial charge in [-0.1, -0.05) is 12.1 Å². The zero-order valence-corrected chi connectivity index (χ0v) is 16.7. The number of aliphatic hydroxyl groups is 1. The average molecular weight is 379 g/mol. The number of aliphatic hydroxyl groups excluding tert-OH is 1. The molecule has 152 valence electrons. The average Bonchev–Trinajstić information content (AvgIpc) is 2.71. The molecule has 1 heterocycles. The monoisotopic (exact) mass is 378 g/mol.